The number of fused-ring (bicyclic) bond motifs is 2. The van der Waals surface area contributed by atoms with Gasteiger partial charge in [0.15, 0.2) is 0 Å². The van der Waals surface area contributed by atoms with E-state index in [1.807, 2.05) is 37.4 Å². The van der Waals surface area contributed by atoms with Gasteiger partial charge >= 0.3 is 0 Å². The van der Waals surface area contributed by atoms with Crippen molar-refractivity contribution in [3.05, 3.63) is 59.5 Å². The summed E-state index contributed by atoms with van der Waals surface area (Å²) in [5.74, 6) is 2.91. The molecule has 1 unspecified atom stereocenters. The molecule has 0 fully saturated rings. The number of aryl methyl sites for hydroxylation is 2. The summed E-state index contributed by atoms with van der Waals surface area (Å²) in [6.45, 7) is 0. The first-order valence-corrected chi connectivity index (χ1v) is 9.66. The molecule has 126 valence electrons. The van der Waals surface area contributed by atoms with Crippen LogP contribution in [0.5, 0.6) is 5.88 Å². The lowest BCUT2D eigenvalue weighted by molar-refractivity contribution is 0.198. The minimum absolute atomic E-state index is 0.0761. The normalized spacial score (nSPS) is 18.2. The quantitative estimate of drug-likeness (QED) is 0.711. The van der Waals surface area contributed by atoms with Gasteiger partial charge < -0.3 is 9.30 Å². The first-order chi connectivity index (χ1) is 12.3. The average Bonchev–Trinajstić information content (AvgIpc) is 3.34. The highest BCUT2D eigenvalue weighted by Gasteiger charge is 2.28. The average molecular weight is 349 g/mol. The number of rotatable bonds is 3. The highest BCUT2D eigenvalue weighted by Crippen LogP contribution is 2.40. The molecule has 4 nitrogen and oxygen atoms in total. The Bertz CT molecular complexity index is 950. The second-order valence-corrected chi connectivity index (χ2v) is 7.75. The van der Waals surface area contributed by atoms with Crippen molar-refractivity contribution >= 4 is 11.8 Å². The number of pyridine rings is 1. The Hall–Kier alpha value is -2.27. The summed E-state index contributed by atoms with van der Waals surface area (Å²) in [5, 5.41) is 0. The molecule has 0 spiro atoms. The molecular weight excluding hydrogens is 330 g/mol. The van der Waals surface area contributed by atoms with Gasteiger partial charge in [0, 0.05) is 47.9 Å². The standard InChI is InChI=1S/C20H19N3OS/c1-23-9-8-21-20(23)16-4-2-3-15-14(16)5-6-17(15)24-19-11-18-13(12-22-19)7-10-25-18/h2-4,8-9,11-12,17H,5-7,10H2,1H3. The number of aromatic nitrogens is 3. The molecule has 1 atom stereocenters. The molecular formula is C20H19N3OS. The van der Waals surface area contributed by atoms with E-state index in [0.717, 1.165) is 36.7 Å². The topological polar surface area (TPSA) is 39.9 Å². The third-order valence-corrected chi connectivity index (χ3v) is 6.19. The first kappa shape index (κ1) is 15.0. The molecule has 0 amide bonds. The summed E-state index contributed by atoms with van der Waals surface area (Å²) >= 11 is 1.90. The van der Waals surface area contributed by atoms with Crippen molar-refractivity contribution in [2.24, 2.45) is 7.05 Å². The summed E-state index contributed by atoms with van der Waals surface area (Å²) in [6.07, 6.45) is 9.02. The lowest BCUT2D eigenvalue weighted by atomic mass is 10.0. The van der Waals surface area contributed by atoms with E-state index in [1.54, 1.807) is 0 Å². The molecule has 2 aromatic heterocycles. The summed E-state index contributed by atoms with van der Waals surface area (Å²) in [7, 11) is 2.04. The van der Waals surface area contributed by atoms with Crippen LogP contribution in [0.3, 0.4) is 0 Å². The smallest absolute Gasteiger partial charge is 0.214 e. The van der Waals surface area contributed by atoms with E-state index in [1.165, 1.54) is 27.1 Å². The van der Waals surface area contributed by atoms with Crippen LogP contribution in [0, 0.1) is 0 Å². The van der Waals surface area contributed by atoms with E-state index >= 15 is 0 Å². The molecule has 5 heteroatoms. The fourth-order valence-corrected chi connectivity index (χ4v) is 4.89. The van der Waals surface area contributed by atoms with Crippen LogP contribution in [0.1, 0.15) is 29.2 Å². The second-order valence-electron chi connectivity index (χ2n) is 6.61. The monoisotopic (exact) mass is 349 g/mol. The van der Waals surface area contributed by atoms with Gasteiger partial charge in [-0.2, -0.15) is 0 Å². The Kier molecular flexibility index (Phi) is 3.55. The summed E-state index contributed by atoms with van der Waals surface area (Å²) < 4.78 is 8.35. The van der Waals surface area contributed by atoms with Gasteiger partial charge in [0.25, 0.3) is 0 Å². The van der Waals surface area contributed by atoms with Crippen LogP contribution in [0.4, 0.5) is 0 Å². The van der Waals surface area contributed by atoms with Crippen molar-refractivity contribution < 1.29 is 4.74 Å². The van der Waals surface area contributed by atoms with Gasteiger partial charge in [-0.25, -0.2) is 9.97 Å². The van der Waals surface area contributed by atoms with Gasteiger partial charge in [0.1, 0.15) is 11.9 Å². The highest BCUT2D eigenvalue weighted by atomic mass is 32.2. The molecule has 3 heterocycles. The molecule has 1 aromatic carbocycles. The first-order valence-electron chi connectivity index (χ1n) is 8.67. The van der Waals surface area contributed by atoms with Crippen molar-refractivity contribution in [2.45, 2.75) is 30.3 Å². The molecule has 25 heavy (non-hydrogen) atoms. The minimum atomic E-state index is 0.0761. The maximum Gasteiger partial charge on any atom is 0.214 e. The minimum Gasteiger partial charge on any atom is -0.469 e. The van der Waals surface area contributed by atoms with E-state index < -0.39 is 0 Å². The number of thioether (sulfide) groups is 1. The number of ether oxygens (including phenoxy) is 1. The van der Waals surface area contributed by atoms with E-state index in [0.29, 0.717) is 0 Å². The summed E-state index contributed by atoms with van der Waals surface area (Å²) in [5.41, 5.74) is 5.20. The summed E-state index contributed by atoms with van der Waals surface area (Å²) in [6, 6.07) is 8.56. The summed E-state index contributed by atoms with van der Waals surface area (Å²) in [4.78, 5) is 10.4. The van der Waals surface area contributed by atoms with Gasteiger partial charge in [-0.05, 0) is 36.0 Å². The zero-order valence-electron chi connectivity index (χ0n) is 14.1. The van der Waals surface area contributed by atoms with Gasteiger partial charge in [-0.15, -0.1) is 11.8 Å². The van der Waals surface area contributed by atoms with Crippen LogP contribution in [0.2, 0.25) is 0 Å². The zero-order valence-corrected chi connectivity index (χ0v) is 14.9. The molecule has 0 N–H and O–H groups in total. The maximum absolute atomic E-state index is 6.28. The number of nitrogens with zero attached hydrogens (tertiary/aromatic N) is 3. The molecule has 0 saturated heterocycles. The largest absolute Gasteiger partial charge is 0.469 e. The molecule has 5 rings (SSSR count). The maximum atomic E-state index is 6.28. The Labute approximate surface area is 151 Å². The molecule has 0 bridgehead atoms. The Morgan fingerprint density at radius 3 is 3.08 bits per heavy atom. The van der Waals surface area contributed by atoms with Crippen molar-refractivity contribution in [3.8, 4) is 17.3 Å². The molecule has 0 saturated carbocycles. The van der Waals surface area contributed by atoms with Crippen molar-refractivity contribution in [1.82, 2.24) is 14.5 Å². The van der Waals surface area contributed by atoms with Crippen molar-refractivity contribution in [1.29, 1.82) is 0 Å². The SMILES string of the molecule is Cn1ccnc1-c1cccc2c1CCC2Oc1cc2c(cn1)CCS2. The van der Waals surface area contributed by atoms with Crippen LogP contribution in [-0.4, -0.2) is 20.3 Å². The third-order valence-electron chi connectivity index (χ3n) is 5.09. The molecule has 1 aliphatic heterocycles. The van der Waals surface area contributed by atoms with Crippen LogP contribution >= 0.6 is 11.8 Å². The Morgan fingerprint density at radius 1 is 1.24 bits per heavy atom. The molecule has 0 radical (unpaired) electrons. The van der Waals surface area contributed by atoms with Crippen LogP contribution in [0.25, 0.3) is 11.4 Å². The molecule has 2 aliphatic rings. The number of hydrogen-bond acceptors (Lipinski definition) is 4. The van der Waals surface area contributed by atoms with Gasteiger partial charge in [0.05, 0.1) is 0 Å². The van der Waals surface area contributed by atoms with E-state index in [2.05, 4.69) is 38.8 Å². The third kappa shape index (κ3) is 2.54. The van der Waals surface area contributed by atoms with E-state index in [-0.39, 0.29) is 6.10 Å². The Morgan fingerprint density at radius 2 is 2.20 bits per heavy atom. The number of imidazole rings is 1. The molecule has 1 aliphatic carbocycles. The van der Waals surface area contributed by atoms with Gasteiger partial charge in [-0.1, -0.05) is 18.2 Å². The fraction of sp³-hybridized carbons (Fsp3) is 0.300. The van der Waals surface area contributed by atoms with Gasteiger partial charge in [0.2, 0.25) is 5.88 Å². The van der Waals surface area contributed by atoms with Crippen LogP contribution in [-0.2, 0) is 19.9 Å². The van der Waals surface area contributed by atoms with Crippen molar-refractivity contribution in [3.63, 3.8) is 0 Å². The number of hydrogen-bond donors (Lipinski definition) is 0. The lowest BCUT2D eigenvalue weighted by Gasteiger charge is -2.15. The van der Waals surface area contributed by atoms with E-state index in [9.17, 15) is 0 Å². The van der Waals surface area contributed by atoms with E-state index in [4.69, 9.17) is 4.74 Å². The van der Waals surface area contributed by atoms with Gasteiger partial charge in [-0.3, -0.25) is 0 Å². The van der Waals surface area contributed by atoms with Crippen LogP contribution < -0.4 is 4.74 Å². The van der Waals surface area contributed by atoms with Crippen molar-refractivity contribution in [2.75, 3.05) is 5.75 Å². The molecule has 3 aromatic rings. The number of benzene rings is 1. The lowest BCUT2D eigenvalue weighted by Crippen LogP contribution is -2.05. The highest BCUT2D eigenvalue weighted by molar-refractivity contribution is 7.99. The van der Waals surface area contributed by atoms with Crippen LogP contribution in [0.15, 0.2) is 47.8 Å². The predicted molar refractivity (Wildman–Crippen MR) is 99.0 cm³/mol. The second kappa shape index (κ2) is 5.92. The predicted octanol–water partition coefficient (Wildman–Crippen LogP) is 4.20. The fourth-order valence-electron chi connectivity index (χ4n) is 3.82. The Balaban J connectivity index is 1.47. The zero-order chi connectivity index (χ0) is 16.8.